The first-order chi connectivity index (χ1) is 6.79. The van der Waals surface area contributed by atoms with Crippen LogP contribution in [-0.2, 0) is 0 Å². The molecule has 0 unspecified atom stereocenters. The molecule has 1 aliphatic carbocycles. The number of nitrogens with two attached hydrogens (primary N) is 1. The SMILES string of the molecule is N#Cc1cn(C2CCC(N)CC2)nn1. The van der Waals surface area contributed by atoms with E-state index in [2.05, 4.69) is 10.3 Å². The summed E-state index contributed by atoms with van der Waals surface area (Å²) in [5, 5.41) is 16.3. The lowest BCUT2D eigenvalue weighted by atomic mass is 9.92. The summed E-state index contributed by atoms with van der Waals surface area (Å²) in [6.07, 6.45) is 5.85. The summed E-state index contributed by atoms with van der Waals surface area (Å²) < 4.78 is 1.80. The lowest BCUT2D eigenvalue weighted by Crippen LogP contribution is -2.28. The van der Waals surface area contributed by atoms with E-state index in [-0.39, 0.29) is 0 Å². The normalized spacial score (nSPS) is 27.1. The van der Waals surface area contributed by atoms with Crippen molar-refractivity contribution in [1.29, 1.82) is 5.26 Å². The summed E-state index contributed by atoms with van der Waals surface area (Å²) in [5.41, 5.74) is 6.20. The molecule has 0 aliphatic heterocycles. The van der Waals surface area contributed by atoms with Crippen LogP contribution in [0.1, 0.15) is 37.4 Å². The number of aromatic nitrogens is 3. The van der Waals surface area contributed by atoms with Crippen molar-refractivity contribution < 1.29 is 0 Å². The summed E-state index contributed by atoms with van der Waals surface area (Å²) in [7, 11) is 0. The lowest BCUT2D eigenvalue weighted by molar-refractivity contribution is 0.300. The molecule has 0 bridgehead atoms. The van der Waals surface area contributed by atoms with E-state index in [1.807, 2.05) is 6.07 Å². The van der Waals surface area contributed by atoms with Gasteiger partial charge in [0.1, 0.15) is 6.07 Å². The summed E-state index contributed by atoms with van der Waals surface area (Å²) >= 11 is 0. The number of hydrogen-bond donors (Lipinski definition) is 1. The molecule has 0 atom stereocenters. The second kappa shape index (κ2) is 3.76. The molecule has 0 spiro atoms. The van der Waals surface area contributed by atoms with Crippen molar-refractivity contribution in [1.82, 2.24) is 15.0 Å². The maximum atomic E-state index is 8.61. The van der Waals surface area contributed by atoms with Crippen LogP contribution in [0.2, 0.25) is 0 Å². The molecule has 5 nitrogen and oxygen atoms in total. The third-order valence-electron chi connectivity index (χ3n) is 2.74. The average molecular weight is 191 g/mol. The highest BCUT2D eigenvalue weighted by molar-refractivity contribution is 5.13. The van der Waals surface area contributed by atoms with E-state index < -0.39 is 0 Å². The Hall–Kier alpha value is -1.41. The van der Waals surface area contributed by atoms with Crippen molar-refractivity contribution in [3.63, 3.8) is 0 Å². The predicted octanol–water partition coefficient (Wildman–Crippen LogP) is 0.592. The van der Waals surface area contributed by atoms with Crippen LogP contribution in [0, 0.1) is 11.3 Å². The molecule has 74 valence electrons. The molecule has 2 N–H and O–H groups in total. The summed E-state index contributed by atoms with van der Waals surface area (Å²) in [5.74, 6) is 0. The first-order valence-corrected chi connectivity index (χ1v) is 4.87. The van der Waals surface area contributed by atoms with Crippen LogP contribution in [0.25, 0.3) is 0 Å². The zero-order valence-corrected chi connectivity index (χ0v) is 7.93. The fourth-order valence-electron chi connectivity index (χ4n) is 1.87. The highest BCUT2D eigenvalue weighted by Crippen LogP contribution is 2.26. The second-order valence-corrected chi connectivity index (χ2v) is 3.76. The Kier molecular flexibility index (Phi) is 2.46. The summed E-state index contributed by atoms with van der Waals surface area (Å²) in [6, 6.07) is 2.69. The maximum Gasteiger partial charge on any atom is 0.182 e. The van der Waals surface area contributed by atoms with Crippen LogP contribution in [0.3, 0.4) is 0 Å². The molecule has 5 heteroatoms. The van der Waals surface area contributed by atoms with Crippen LogP contribution in [-0.4, -0.2) is 21.0 Å². The minimum Gasteiger partial charge on any atom is -0.328 e. The molecule has 1 aromatic rings. The fraction of sp³-hybridized carbons (Fsp3) is 0.667. The van der Waals surface area contributed by atoms with Crippen LogP contribution in [0.15, 0.2) is 6.20 Å². The van der Waals surface area contributed by atoms with Gasteiger partial charge < -0.3 is 5.73 Å². The van der Waals surface area contributed by atoms with E-state index in [4.69, 9.17) is 11.0 Å². The van der Waals surface area contributed by atoms with E-state index in [9.17, 15) is 0 Å². The minimum absolute atomic E-state index is 0.338. The zero-order chi connectivity index (χ0) is 9.97. The average Bonchev–Trinajstić information content (AvgIpc) is 2.67. The van der Waals surface area contributed by atoms with Crippen molar-refractivity contribution in [2.45, 2.75) is 37.8 Å². The third-order valence-corrected chi connectivity index (χ3v) is 2.74. The third kappa shape index (κ3) is 1.75. The van der Waals surface area contributed by atoms with E-state index in [0.29, 0.717) is 17.8 Å². The van der Waals surface area contributed by atoms with Crippen LogP contribution >= 0.6 is 0 Å². The number of hydrogen-bond acceptors (Lipinski definition) is 4. The van der Waals surface area contributed by atoms with E-state index in [0.717, 1.165) is 25.7 Å². The van der Waals surface area contributed by atoms with Crippen LogP contribution in [0.5, 0.6) is 0 Å². The van der Waals surface area contributed by atoms with Crippen molar-refractivity contribution in [3.8, 4) is 6.07 Å². The fourth-order valence-corrected chi connectivity index (χ4v) is 1.87. The standard InChI is InChI=1S/C9H13N5/c10-5-8-6-14(13-12-8)9-3-1-7(11)2-4-9/h6-7,9H,1-4,11H2. The van der Waals surface area contributed by atoms with Gasteiger partial charge in [-0.1, -0.05) is 5.21 Å². The number of rotatable bonds is 1. The molecule has 14 heavy (non-hydrogen) atoms. The van der Waals surface area contributed by atoms with Gasteiger partial charge in [-0.2, -0.15) is 5.26 Å². The van der Waals surface area contributed by atoms with Gasteiger partial charge in [-0.05, 0) is 25.7 Å². The molecule has 1 aliphatic rings. The highest BCUT2D eigenvalue weighted by atomic mass is 15.4. The first kappa shape index (κ1) is 9.16. The van der Waals surface area contributed by atoms with Crippen molar-refractivity contribution in [3.05, 3.63) is 11.9 Å². The number of nitriles is 1. The predicted molar refractivity (Wildman–Crippen MR) is 50.2 cm³/mol. The van der Waals surface area contributed by atoms with Gasteiger partial charge in [0, 0.05) is 6.04 Å². The summed E-state index contributed by atoms with van der Waals surface area (Å²) in [6.45, 7) is 0. The molecule has 2 rings (SSSR count). The quantitative estimate of drug-likeness (QED) is 0.704. The molecular formula is C9H13N5. The van der Waals surface area contributed by atoms with Crippen molar-refractivity contribution in [2.24, 2.45) is 5.73 Å². The Bertz CT molecular complexity index is 342. The van der Waals surface area contributed by atoms with Gasteiger partial charge >= 0.3 is 0 Å². The largest absolute Gasteiger partial charge is 0.328 e. The second-order valence-electron chi connectivity index (χ2n) is 3.76. The van der Waals surface area contributed by atoms with E-state index >= 15 is 0 Å². The Morgan fingerprint density at radius 2 is 2.14 bits per heavy atom. The van der Waals surface area contributed by atoms with E-state index in [1.165, 1.54) is 0 Å². The van der Waals surface area contributed by atoms with Gasteiger partial charge in [0.25, 0.3) is 0 Å². The van der Waals surface area contributed by atoms with Crippen molar-refractivity contribution >= 4 is 0 Å². The van der Waals surface area contributed by atoms with Crippen molar-refractivity contribution in [2.75, 3.05) is 0 Å². The Morgan fingerprint density at radius 3 is 2.71 bits per heavy atom. The Balaban J connectivity index is 2.05. The Morgan fingerprint density at radius 1 is 1.43 bits per heavy atom. The first-order valence-electron chi connectivity index (χ1n) is 4.87. The smallest absolute Gasteiger partial charge is 0.182 e. The van der Waals surface area contributed by atoms with E-state index in [1.54, 1.807) is 10.9 Å². The minimum atomic E-state index is 0.338. The zero-order valence-electron chi connectivity index (χ0n) is 7.93. The maximum absolute atomic E-state index is 8.61. The van der Waals surface area contributed by atoms with Gasteiger partial charge in [-0.3, -0.25) is 0 Å². The van der Waals surface area contributed by atoms with Gasteiger partial charge in [-0.25, -0.2) is 4.68 Å². The van der Waals surface area contributed by atoms with Gasteiger partial charge in [-0.15, -0.1) is 5.10 Å². The van der Waals surface area contributed by atoms with Gasteiger partial charge in [0.2, 0.25) is 0 Å². The molecular weight excluding hydrogens is 178 g/mol. The molecule has 0 amide bonds. The Labute approximate surface area is 82.5 Å². The monoisotopic (exact) mass is 191 g/mol. The van der Waals surface area contributed by atoms with Gasteiger partial charge in [0.05, 0.1) is 12.2 Å². The molecule has 0 aromatic carbocycles. The summed E-state index contributed by atoms with van der Waals surface area (Å²) in [4.78, 5) is 0. The lowest BCUT2D eigenvalue weighted by Gasteiger charge is -2.25. The molecule has 1 fully saturated rings. The number of nitrogens with zero attached hydrogens (tertiary/aromatic N) is 4. The van der Waals surface area contributed by atoms with Crippen LogP contribution < -0.4 is 5.73 Å². The van der Waals surface area contributed by atoms with Crippen LogP contribution in [0.4, 0.5) is 0 Å². The topological polar surface area (TPSA) is 80.5 Å². The molecule has 0 radical (unpaired) electrons. The molecule has 1 aromatic heterocycles. The molecule has 1 saturated carbocycles. The molecule has 0 saturated heterocycles. The van der Waals surface area contributed by atoms with Gasteiger partial charge in [0.15, 0.2) is 5.69 Å². The molecule has 1 heterocycles. The highest BCUT2D eigenvalue weighted by Gasteiger charge is 2.20.